The van der Waals surface area contributed by atoms with Crippen LogP contribution in [0.1, 0.15) is 26.7 Å². The maximum atomic E-state index is 11.1. The van der Waals surface area contributed by atoms with Crippen LogP contribution in [-0.2, 0) is 9.53 Å². The molecule has 1 amide bonds. The summed E-state index contributed by atoms with van der Waals surface area (Å²) in [5, 5.41) is 3.17. The van der Waals surface area contributed by atoms with Gasteiger partial charge in [0.25, 0.3) is 0 Å². The summed E-state index contributed by atoms with van der Waals surface area (Å²) in [5.74, 6) is 1.77. The van der Waals surface area contributed by atoms with Gasteiger partial charge in [-0.3, -0.25) is 4.79 Å². The summed E-state index contributed by atoms with van der Waals surface area (Å²) in [4.78, 5) is 11.1. The number of hydrogen-bond acceptors (Lipinski definition) is 4. The van der Waals surface area contributed by atoms with E-state index in [0.717, 1.165) is 31.0 Å². The molecule has 16 heavy (non-hydrogen) atoms. The van der Waals surface area contributed by atoms with E-state index in [2.05, 4.69) is 5.32 Å². The van der Waals surface area contributed by atoms with E-state index in [1.165, 1.54) is 0 Å². The number of carbonyl (C=O) groups is 1. The van der Waals surface area contributed by atoms with Crippen LogP contribution >= 0.6 is 11.8 Å². The van der Waals surface area contributed by atoms with Crippen molar-refractivity contribution in [2.75, 3.05) is 25.2 Å². The lowest BCUT2D eigenvalue weighted by Gasteiger charge is -2.17. The molecule has 0 saturated heterocycles. The molecular formula is C11H24N2O2S. The molecule has 3 N–H and O–H groups in total. The van der Waals surface area contributed by atoms with Gasteiger partial charge in [-0.15, -0.1) is 0 Å². The topological polar surface area (TPSA) is 64.3 Å². The van der Waals surface area contributed by atoms with Gasteiger partial charge in [0.05, 0.1) is 6.04 Å². The van der Waals surface area contributed by atoms with Crippen molar-refractivity contribution in [1.82, 2.24) is 5.32 Å². The van der Waals surface area contributed by atoms with Crippen LogP contribution in [0.5, 0.6) is 0 Å². The lowest BCUT2D eigenvalue weighted by molar-refractivity contribution is -0.120. The summed E-state index contributed by atoms with van der Waals surface area (Å²) in [6.45, 7) is 4.83. The first-order chi connectivity index (χ1) is 7.57. The van der Waals surface area contributed by atoms with E-state index < -0.39 is 0 Å². The number of carbonyl (C=O) groups excluding carboxylic acids is 1. The number of ether oxygens (including phenoxy) is 1. The highest BCUT2D eigenvalue weighted by molar-refractivity contribution is 7.99. The van der Waals surface area contributed by atoms with Crippen molar-refractivity contribution in [2.24, 2.45) is 5.73 Å². The second-order valence-electron chi connectivity index (χ2n) is 4.02. The first-order valence-electron chi connectivity index (χ1n) is 5.70. The molecule has 0 aliphatic carbocycles. The fourth-order valence-corrected chi connectivity index (χ4v) is 2.25. The number of amides is 1. The third kappa shape index (κ3) is 9.00. The van der Waals surface area contributed by atoms with Crippen molar-refractivity contribution < 1.29 is 9.53 Å². The highest BCUT2D eigenvalue weighted by Crippen LogP contribution is 2.07. The number of rotatable bonds is 10. The van der Waals surface area contributed by atoms with Gasteiger partial charge in [0.15, 0.2) is 0 Å². The number of methoxy groups -OCH3 is 1. The molecule has 1 atom stereocenters. The standard InChI is InChI=1S/C11H24N2O2S/c1-9(2)13-10(11(12)14)5-8-16-7-4-6-15-3/h9-10,13H,4-8H2,1-3H3,(H2,12,14). The zero-order chi connectivity index (χ0) is 12.4. The van der Waals surface area contributed by atoms with Gasteiger partial charge in [-0.1, -0.05) is 13.8 Å². The Morgan fingerprint density at radius 3 is 2.62 bits per heavy atom. The molecule has 0 fully saturated rings. The number of thioether (sulfide) groups is 1. The van der Waals surface area contributed by atoms with Gasteiger partial charge in [0.1, 0.15) is 0 Å². The van der Waals surface area contributed by atoms with Gasteiger partial charge >= 0.3 is 0 Å². The molecule has 0 saturated carbocycles. The minimum atomic E-state index is -0.258. The SMILES string of the molecule is COCCCSCCC(NC(C)C)C(N)=O. The van der Waals surface area contributed by atoms with E-state index in [0.29, 0.717) is 0 Å². The van der Waals surface area contributed by atoms with Crippen LogP contribution in [0.2, 0.25) is 0 Å². The normalized spacial score (nSPS) is 13.0. The third-order valence-corrected chi connectivity index (χ3v) is 3.17. The summed E-state index contributed by atoms with van der Waals surface area (Å²) in [6, 6.07) is 0.0888. The number of nitrogens with two attached hydrogens (primary N) is 1. The molecule has 0 aliphatic heterocycles. The maximum absolute atomic E-state index is 11.1. The molecule has 0 bridgehead atoms. The molecule has 4 nitrogen and oxygen atoms in total. The molecular weight excluding hydrogens is 224 g/mol. The molecule has 0 aromatic heterocycles. The zero-order valence-corrected chi connectivity index (χ0v) is 11.3. The molecule has 96 valence electrons. The van der Waals surface area contributed by atoms with Crippen LogP contribution in [0.3, 0.4) is 0 Å². The molecule has 0 aliphatic rings. The second kappa shape index (κ2) is 9.93. The number of primary amides is 1. The predicted molar refractivity (Wildman–Crippen MR) is 69.7 cm³/mol. The lowest BCUT2D eigenvalue weighted by atomic mass is 10.2. The van der Waals surface area contributed by atoms with Gasteiger partial charge < -0.3 is 15.8 Å². The predicted octanol–water partition coefficient (Wildman–Crippen LogP) is 0.998. The van der Waals surface area contributed by atoms with Crippen molar-refractivity contribution in [1.29, 1.82) is 0 Å². The molecule has 0 radical (unpaired) electrons. The van der Waals surface area contributed by atoms with Crippen molar-refractivity contribution in [2.45, 2.75) is 38.8 Å². The van der Waals surface area contributed by atoms with Gasteiger partial charge in [0, 0.05) is 19.8 Å². The van der Waals surface area contributed by atoms with E-state index >= 15 is 0 Å². The van der Waals surface area contributed by atoms with E-state index in [9.17, 15) is 4.79 Å². The Balaban J connectivity index is 3.57. The molecule has 1 unspecified atom stereocenters. The summed E-state index contributed by atoms with van der Waals surface area (Å²) in [7, 11) is 1.71. The van der Waals surface area contributed by atoms with Crippen molar-refractivity contribution in [3.8, 4) is 0 Å². The molecule has 5 heteroatoms. The van der Waals surface area contributed by atoms with Crippen molar-refractivity contribution >= 4 is 17.7 Å². The fraction of sp³-hybridized carbons (Fsp3) is 0.909. The van der Waals surface area contributed by atoms with Gasteiger partial charge in [0.2, 0.25) is 5.91 Å². The summed E-state index contributed by atoms with van der Waals surface area (Å²) >= 11 is 1.84. The Morgan fingerprint density at radius 1 is 1.44 bits per heavy atom. The second-order valence-corrected chi connectivity index (χ2v) is 5.25. The van der Waals surface area contributed by atoms with Gasteiger partial charge in [-0.25, -0.2) is 0 Å². The maximum Gasteiger partial charge on any atom is 0.234 e. The smallest absolute Gasteiger partial charge is 0.234 e. The van der Waals surface area contributed by atoms with Crippen molar-refractivity contribution in [3.63, 3.8) is 0 Å². The summed E-state index contributed by atoms with van der Waals surface area (Å²) in [5.41, 5.74) is 5.32. The van der Waals surface area contributed by atoms with Gasteiger partial charge in [-0.2, -0.15) is 11.8 Å². The van der Waals surface area contributed by atoms with E-state index in [-0.39, 0.29) is 18.0 Å². The molecule has 0 aromatic carbocycles. The Morgan fingerprint density at radius 2 is 2.12 bits per heavy atom. The van der Waals surface area contributed by atoms with E-state index in [1.807, 2.05) is 25.6 Å². The molecule has 0 rings (SSSR count). The van der Waals surface area contributed by atoms with Crippen LogP contribution in [0.4, 0.5) is 0 Å². The highest BCUT2D eigenvalue weighted by Gasteiger charge is 2.15. The van der Waals surface area contributed by atoms with Crippen molar-refractivity contribution in [3.05, 3.63) is 0 Å². The molecule has 0 heterocycles. The minimum Gasteiger partial charge on any atom is -0.385 e. The minimum absolute atomic E-state index is 0.199. The molecule has 0 spiro atoms. The first-order valence-corrected chi connectivity index (χ1v) is 6.85. The monoisotopic (exact) mass is 248 g/mol. The Kier molecular flexibility index (Phi) is 9.77. The number of nitrogens with one attached hydrogen (secondary N) is 1. The molecule has 0 aromatic rings. The third-order valence-electron chi connectivity index (χ3n) is 2.07. The average molecular weight is 248 g/mol. The van der Waals surface area contributed by atoms with Crippen LogP contribution in [0, 0.1) is 0 Å². The largest absolute Gasteiger partial charge is 0.385 e. The Bertz CT molecular complexity index is 189. The lowest BCUT2D eigenvalue weighted by Crippen LogP contribution is -2.44. The zero-order valence-electron chi connectivity index (χ0n) is 10.5. The Hall–Kier alpha value is -0.260. The summed E-state index contributed by atoms with van der Waals surface area (Å²) < 4.78 is 4.96. The first kappa shape index (κ1) is 15.7. The van der Waals surface area contributed by atoms with Crippen LogP contribution in [0.15, 0.2) is 0 Å². The quantitative estimate of drug-likeness (QED) is 0.566. The van der Waals surface area contributed by atoms with Crippen LogP contribution < -0.4 is 11.1 Å². The van der Waals surface area contributed by atoms with E-state index in [1.54, 1.807) is 7.11 Å². The van der Waals surface area contributed by atoms with Crippen LogP contribution in [0.25, 0.3) is 0 Å². The fourth-order valence-electron chi connectivity index (χ4n) is 1.32. The highest BCUT2D eigenvalue weighted by atomic mass is 32.2. The van der Waals surface area contributed by atoms with Gasteiger partial charge in [-0.05, 0) is 24.3 Å². The van der Waals surface area contributed by atoms with E-state index in [4.69, 9.17) is 10.5 Å². The summed E-state index contributed by atoms with van der Waals surface area (Å²) in [6.07, 6.45) is 1.85. The number of hydrogen-bond donors (Lipinski definition) is 2. The Labute approximate surface area is 103 Å². The van der Waals surface area contributed by atoms with Crippen LogP contribution in [-0.4, -0.2) is 43.2 Å². The average Bonchev–Trinajstić information content (AvgIpc) is 2.20.